The summed E-state index contributed by atoms with van der Waals surface area (Å²) in [6.45, 7) is 9.70. The third-order valence-electron chi connectivity index (χ3n) is 2.74. The van der Waals surface area contributed by atoms with Crippen molar-refractivity contribution in [3.63, 3.8) is 0 Å². The van der Waals surface area contributed by atoms with E-state index in [1.54, 1.807) is 26.4 Å². The number of aromatic nitrogens is 1. The van der Waals surface area contributed by atoms with E-state index in [-0.39, 0.29) is 12.0 Å². The fourth-order valence-corrected chi connectivity index (χ4v) is 1.85. The van der Waals surface area contributed by atoms with E-state index < -0.39 is 5.82 Å². The van der Waals surface area contributed by atoms with E-state index in [4.69, 9.17) is 21.1 Å². The van der Waals surface area contributed by atoms with Crippen molar-refractivity contribution in [2.24, 2.45) is 4.99 Å². The van der Waals surface area contributed by atoms with Crippen LogP contribution in [0.25, 0.3) is 0 Å². The molecule has 0 aliphatic rings. The molecule has 4 nitrogen and oxygen atoms in total. The molecule has 0 saturated heterocycles. The Kier molecular flexibility index (Phi) is 11.6. The zero-order valence-electron chi connectivity index (χ0n) is 15.1. The van der Waals surface area contributed by atoms with Gasteiger partial charge >= 0.3 is 121 Å². The van der Waals surface area contributed by atoms with Crippen molar-refractivity contribution in [3.8, 4) is 11.5 Å². The molecule has 2 aromatic rings. The maximum atomic E-state index is 13.5. The molecule has 7 heteroatoms. The number of methoxy groups -OCH3 is 2. The molecule has 0 radical (unpaired) electrons. The van der Waals surface area contributed by atoms with Crippen LogP contribution in [-0.4, -0.2) is 26.1 Å². The van der Waals surface area contributed by atoms with Gasteiger partial charge in [0.05, 0.1) is 0 Å². The van der Waals surface area contributed by atoms with Gasteiger partial charge in [-0.15, -0.1) is 0 Å². The average molecular weight is 355 g/mol. The van der Waals surface area contributed by atoms with Gasteiger partial charge in [-0.05, 0) is 0 Å². The van der Waals surface area contributed by atoms with Crippen LogP contribution in [0.15, 0.2) is 29.2 Å². The van der Waals surface area contributed by atoms with Gasteiger partial charge < -0.3 is 0 Å². The zero-order valence-corrected chi connectivity index (χ0v) is 15.9. The average Bonchev–Trinajstić information content (AvgIpc) is 2.65. The first-order valence-electron chi connectivity index (χ1n) is 7.89. The summed E-state index contributed by atoms with van der Waals surface area (Å²) < 4.78 is 23.9. The van der Waals surface area contributed by atoms with Crippen molar-refractivity contribution in [3.05, 3.63) is 46.1 Å². The van der Waals surface area contributed by atoms with Gasteiger partial charge in [0, 0.05) is 0 Å². The number of hydrogen-bond acceptors (Lipinski definition) is 3. The second-order valence-corrected chi connectivity index (χ2v) is 4.40. The van der Waals surface area contributed by atoms with Gasteiger partial charge in [0.1, 0.15) is 0 Å². The van der Waals surface area contributed by atoms with E-state index in [2.05, 4.69) is 9.98 Å². The molecule has 1 N–H and O–H groups in total. The third-order valence-corrected chi connectivity index (χ3v) is 2.96. The number of ether oxygens (including phenoxy) is 2. The minimum absolute atomic E-state index is 0.107. The third kappa shape index (κ3) is 6.75. The van der Waals surface area contributed by atoms with Crippen LogP contribution in [0.2, 0.25) is 5.05 Å². The Morgan fingerprint density at radius 2 is 1.83 bits per heavy atom. The molecule has 132 valence electrons. The van der Waals surface area contributed by atoms with E-state index in [0.717, 1.165) is 5.56 Å². The Balaban J connectivity index is 0.00000123. The molecule has 0 spiro atoms. The summed E-state index contributed by atoms with van der Waals surface area (Å²) in [7, 11) is 3.14. The summed E-state index contributed by atoms with van der Waals surface area (Å²) in [4.78, 5) is 6.83. The Labute approximate surface area is 148 Å². The fraction of sp³-hybridized carbons (Fsp3) is 0.412. The van der Waals surface area contributed by atoms with Crippen molar-refractivity contribution in [2.45, 2.75) is 34.2 Å². The van der Waals surface area contributed by atoms with Crippen LogP contribution in [0.1, 0.15) is 33.3 Å². The predicted octanol–water partition coefficient (Wildman–Crippen LogP) is 4.32. The normalized spacial score (nSPS) is 9.92. The van der Waals surface area contributed by atoms with E-state index in [1.807, 2.05) is 33.8 Å². The van der Waals surface area contributed by atoms with Gasteiger partial charge in [0.25, 0.3) is 0 Å². The van der Waals surface area contributed by atoms with Crippen LogP contribution < -0.4 is 15.0 Å². The summed E-state index contributed by atoms with van der Waals surface area (Å²) in [6, 6.07) is 5.37. The Bertz CT molecular complexity index is 678. The van der Waals surface area contributed by atoms with Crippen molar-refractivity contribution >= 4 is 18.5 Å². The van der Waals surface area contributed by atoms with Crippen molar-refractivity contribution in [2.75, 3.05) is 14.2 Å². The van der Waals surface area contributed by atoms with Gasteiger partial charge in [-0.3, -0.25) is 0 Å². The predicted molar refractivity (Wildman–Crippen MR) is 98.6 cm³/mol. The summed E-state index contributed by atoms with van der Waals surface area (Å²) in [5.41, 5.74) is 0.927. The number of nitrogens with zero attached hydrogens (tertiary/aromatic N) is 1. The van der Waals surface area contributed by atoms with Crippen LogP contribution in [0.4, 0.5) is 4.39 Å². The van der Waals surface area contributed by atoms with E-state index in [0.29, 0.717) is 16.5 Å². The van der Waals surface area contributed by atoms with Gasteiger partial charge in [0.15, 0.2) is 0 Å². The number of nitrogens with one attached hydrogen (secondary N) is 1. The Hall–Kier alpha value is -1.82. The van der Waals surface area contributed by atoms with Crippen LogP contribution in [0.5, 0.6) is 11.5 Å². The summed E-state index contributed by atoms with van der Waals surface area (Å²) >= 11 is 5.77. The topological polar surface area (TPSA) is 46.6 Å². The molecule has 2 rings (SSSR count). The van der Waals surface area contributed by atoms with Gasteiger partial charge in [-0.25, -0.2) is 0 Å². The number of H-pyrrole nitrogens is 1. The SMILES string of the molecule is CC.CC.COc1ccc(CN=c2[nH]c(Cl)bcc2F)c(OC)c1. The number of halogens is 2. The molecular weight excluding hydrogens is 329 g/mol. The molecule has 0 atom stereocenters. The maximum absolute atomic E-state index is 13.5. The monoisotopic (exact) mass is 354 g/mol. The molecule has 0 saturated carbocycles. The van der Waals surface area contributed by atoms with Crippen molar-refractivity contribution in [1.29, 1.82) is 0 Å². The second-order valence-electron chi connectivity index (χ2n) is 4.00. The zero-order chi connectivity index (χ0) is 18.5. The summed E-state index contributed by atoms with van der Waals surface area (Å²) in [5.74, 6) is 2.13. The Morgan fingerprint density at radius 3 is 2.42 bits per heavy atom. The van der Waals surface area contributed by atoms with Crippen LogP contribution in [0, 0.1) is 5.82 Å². The summed E-state index contributed by atoms with van der Waals surface area (Å²) in [6.07, 6.45) is 0. The van der Waals surface area contributed by atoms with E-state index in [9.17, 15) is 4.39 Å². The first kappa shape index (κ1) is 22.2. The molecule has 24 heavy (non-hydrogen) atoms. The molecule has 1 heterocycles. The molecule has 0 unspecified atom stereocenters. The van der Waals surface area contributed by atoms with Crippen molar-refractivity contribution < 1.29 is 13.9 Å². The first-order valence-corrected chi connectivity index (χ1v) is 8.27. The molecule has 0 aliphatic carbocycles. The Morgan fingerprint density at radius 1 is 1.17 bits per heavy atom. The number of hydrogen-bond donors (Lipinski definition) is 1. The minimum atomic E-state index is -0.457. The molecular formula is C17H25BClFN2O2. The van der Waals surface area contributed by atoms with Gasteiger partial charge in [-0.2, -0.15) is 0 Å². The molecule has 0 fully saturated rings. The fourth-order valence-electron chi connectivity index (χ4n) is 1.70. The molecule has 0 bridgehead atoms. The summed E-state index contributed by atoms with van der Waals surface area (Å²) in [5, 5.41) is 0.326. The first-order chi connectivity index (χ1) is 11.6. The van der Waals surface area contributed by atoms with Crippen LogP contribution in [-0.2, 0) is 6.54 Å². The molecule has 1 aromatic carbocycles. The molecule has 0 amide bonds. The van der Waals surface area contributed by atoms with Gasteiger partial charge in [0.2, 0.25) is 0 Å². The number of aromatic amines is 1. The van der Waals surface area contributed by atoms with Crippen molar-refractivity contribution in [1.82, 2.24) is 4.98 Å². The van der Waals surface area contributed by atoms with Crippen LogP contribution in [0.3, 0.4) is 0 Å². The van der Waals surface area contributed by atoms with E-state index in [1.165, 1.54) is 12.9 Å². The number of rotatable bonds is 4. The van der Waals surface area contributed by atoms with Gasteiger partial charge in [-0.1, -0.05) is 27.7 Å². The standard InChI is InChI=1S/C13H13BClFN2O2.2C2H6/c1-19-9-4-3-8(11(5-9)20-2)7-17-12-10(16)6-14-13(15)18-12;2*1-2/h3-6H,7H2,1-2H3,(H,17,18);2*1-2H3. The van der Waals surface area contributed by atoms with Crippen LogP contribution >= 0.6 is 11.6 Å². The number of benzene rings is 1. The van der Waals surface area contributed by atoms with E-state index >= 15 is 0 Å². The second kappa shape index (κ2) is 12.6. The molecule has 1 aromatic heterocycles. The molecule has 0 aliphatic heterocycles. The quantitative estimate of drug-likeness (QED) is 0.889.